The molecule has 0 aliphatic rings. The van der Waals surface area contributed by atoms with Gasteiger partial charge in [0.25, 0.3) is 0 Å². The van der Waals surface area contributed by atoms with Crippen LogP contribution in [0.4, 0.5) is 18.9 Å². The van der Waals surface area contributed by atoms with Crippen molar-refractivity contribution in [3.8, 4) is 0 Å². The van der Waals surface area contributed by atoms with Crippen molar-refractivity contribution >= 4 is 17.4 Å². The number of halogens is 3. The molecule has 1 heterocycles. The van der Waals surface area contributed by atoms with E-state index in [1.165, 1.54) is 23.9 Å². The molecule has 0 bridgehead atoms. The van der Waals surface area contributed by atoms with Crippen LogP contribution < -0.4 is 5.73 Å². The van der Waals surface area contributed by atoms with E-state index < -0.39 is 11.7 Å². The van der Waals surface area contributed by atoms with E-state index in [1.54, 1.807) is 24.4 Å². The number of aromatic nitrogens is 1. The second-order valence-electron chi connectivity index (χ2n) is 3.87. The summed E-state index contributed by atoms with van der Waals surface area (Å²) in [6.45, 7) is 0. The van der Waals surface area contributed by atoms with Crippen molar-refractivity contribution < 1.29 is 13.2 Å². The molecule has 0 aliphatic carbocycles. The zero-order valence-corrected chi connectivity index (χ0v) is 10.6. The lowest BCUT2D eigenvalue weighted by Crippen LogP contribution is -2.09. The lowest BCUT2D eigenvalue weighted by atomic mass is 10.1. The molecule has 0 saturated heterocycles. The number of rotatable bonds is 3. The summed E-state index contributed by atoms with van der Waals surface area (Å²) in [5.41, 5.74) is 5.04. The Bertz CT molecular complexity index is 556. The van der Waals surface area contributed by atoms with Gasteiger partial charge in [0.05, 0.1) is 10.6 Å². The number of benzene rings is 1. The van der Waals surface area contributed by atoms with E-state index in [2.05, 4.69) is 4.98 Å². The van der Waals surface area contributed by atoms with Crippen molar-refractivity contribution in [1.29, 1.82) is 0 Å². The van der Waals surface area contributed by atoms with Crippen LogP contribution >= 0.6 is 11.8 Å². The highest BCUT2D eigenvalue weighted by molar-refractivity contribution is 7.98. The van der Waals surface area contributed by atoms with E-state index >= 15 is 0 Å². The van der Waals surface area contributed by atoms with Gasteiger partial charge >= 0.3 is 6.18 Å². The first-order chi connectivity index (χ1) is 8.97. The number of alkyl halides is 3. The molecule has 6 heteroatoms. The molecular formula is C13H11F3N2S. The monoisotopic (exact) mass is 284 g/mol. The molecule has 2 N–H and O–H groups in total. The molecule has 1 aromatic carbocycles. The van der Waals surface area contributed by atoms with Crippen molar-refractivity contribution in [3.63, 3.8) is 0 Å². The van der Waals surface area contributed by atoms with Gasteiger partial charge in [0.1, 0.15) is 0 Å². The van der Waals surface area contributed by atoms with Crippen molar-refractivity contribution in [1.82, 2.24) is 4.98 Å². The molecule has 19 heavy (non-hydrogen) atoms. The number of nitrogens with zero attached hydrogens (tertiary/aromatic N) is 1. The molecule has 2 aromatic rings. The number of hydrogen-bond acceptors (Lipinski definition) is 3. The van der Waals surface area contributed by atoms with Crippen LogP contribution in [0.25, 0.3) is 0 Å². The highest BCUT2D eigenvalue weighted by Crippen LogP contribution is 2.35. The minimum absolute atomic E-state index is 0.110. The first kappa shape index (κ1) is 13.7. The molecular weight excluding hydrogens is 273 g/mol. The fourth-order valence-corrected chi connectivity index (χ4v) is 2.43. The number of pyridine rings is 1. The smallest absolute Gasteiger partial charge is 0.399 e. The number of nitrogen functional groups attached to an aromatic ring is 1. The fourth-order valence-electron chi connectivity index (χ4n) is 1.57. The van der Waals surface area contributed by atoms with Crippen molar-refractivity contribution in [2.75, 3.05) is 5.73 Å². The van der Waals surface area contributed by atoms with Crippen molar-refractivity contribution in [3.05, 3.63) is 53.7 Å². The molecule has 0 spiro atoms. The zero-order valence-electron chi connectivity index (χ0n) is 9.82. The molecule has 0 aliphatic heterocycles. The highest BCUT2D eigenvalue weighted by Gasteiger charge is 2.33. The average Bonchev–Trinajstić information content (AvgIpc) is 2.37. The Morgan fingerprint density at radius 2 is 1.95 bits per heavy atom. The van der Waals surface area contributed by atoms with Crippen LogP contribution in [0.2, 0.25) is 0 Å². The Labute approximate surface area is 112 Å². The van der Waals surface area contributed by atoms with E-state index in [9.17, 15) is 13.2 Å². The predicted octanol–water partition coefficient (Wildman–Crippen LogP) is 3.97. The minimum Gasteiger partial charge on any atom is -0.399 e. The number of anilines is 1. The lowest BCUT2D eigenvalue weighted by molar-refractivity contribution is -0.138. The van der Waals surface area contributed by atoms with Crippen LogP contribution in [-0.2, 0) is 11.9 Å². The van der Waals surface area contributed by atoms with Gasteiger partial charge in [-0.15, -0.1) is 11.8 Å². The maximum atomic E-state index is 12.9. The van der Waals surface area contributed by atoms with Gasteiger partial charge in [-0.3, -0.25) is 0 Å². The first-order valence-corrected chi connectivity index (χ1v) is 6.45. The summed E-state index contributed by atoms with van der Waals surface area (Å²) in [6, 6.07) is 9.17. The van der Waals surface area contributed by atoms with Gasteiger partial charge in [0.2, 0.25) is 0 Å². The van der Waals surface area contributed by atoms with E-state index in [4.69, 9.17) is 5.73 Å². The molecule has 2 rings (SSSR count). The maximum absolute atomic E-state index is 12.9. The Kier molecular flexibility index (Phi) is 3.99. The summed E-state index contributed by atoms with van der Waals surface area (Å²) in [5, 5.41) is 0.687. The highest BCUT2D eigenvalue weighted by atomic mass is 32.2. The zero-order chi connectivity index (χ0) is 13.9. The largest absolute Gasteiger partial charge is 0.416 e. The van der Waals surface area contributed by atoms with Crippen LogP contribution in [0.1, 0.15) is 11.1 Å². The van der Waals surface area contributed by atoms with E-state index in [0.717, 1.165) is 6.07 Å². The fraction of sp³-hybridized carbons (Fsp3) is 0.154. The summed E-state index contributed by atoms with van der Waals surface area (Å²) >= 11 is 1.26. The summed E-state index contributed by atoms with van der Waals surface area (Å²) < 4.78 is 38.6. The lowest BCUT2D eigenvalue weighted by Gasteiger charge is -2.13. The first-order valence-electron chi connectivity index (χ1n) is 5.46. The van der Waals surface area contributed by atoms with E-state index in [1.807, 2.05) is 0 Å². The number of thioether (sulfide) groups is 1. The second-order valence-corrected chi connectivity index (χ2v) is 4.87. The van der Waals surface area contributed by atoms with Crippen LogP contribution in [-0.4, -0.2) is 4.98 Å². The SMILES string of the molecule is Nc1ccc(CSc2ccccn2)c(C(F)(F)F)c1. The third-order valence-corrected chi connectivity index (χ3v) is 3.45. The Hall–Kier alpha value is -1.69. The molecule has 0 fully saturated rings. The van der Waals surface area contributed by atoms with Gasteiger partial charge in [-0.2, -0.15) is 13.2 Å². The second kappa shape index (κ2) is 5.52. The minimum atomic E-state index is -4.39. The van der Waals surface area contributed by atoms with Gasteiger partial charge < -0.3 is 5.73 Å². The van der Waals surface area contributed by atoms with Crippen LogP contribution in [0.15, 0.2) is 47.6 Å². The molecule has 0 unspecified atom stereocenters. The van der Waals surface area contributed by atoms with E-state index in [0.29, 0.717) is 5.03 Å². The van der Waals surface area contributed by atoms with Crippen LogP contribution in [0.5, 0.6) is 0 Å². The van der Waals surface area contributed by atoms with Crippen LogP contribution in [0, 0.1) is 0 Å². The van der Waals surface area contributed by atoms with Gasteiger partial charge in [0.15, 0.2) is 0 Å². The standard InChI is InChI=1S/C13H11F3N2S/c14-13(15,16)11-7-10(17)5-4-9(11)8-19-12-3-1-2-6-18-12/h1-7H,8,17H2. The molecule has 100 valence electrons. The summed E-state index contributed by atoms with van der Waals surface area (Å²) in [4.78, 5) is 4.06. The molecule has 0 radical (unpaired) electrons. The summed E-state index contributed by atoms with van der Waals surface area (Å²) in [6.07, 6.45) is -2.79. The maximum Gasteiger partial charge on any atom is 0.416 e. The van der Waals surface area contributed by atoms with Gasteiger partial charge in [-0.25, -0.2) is 4.98 Å². The van der Waals surface area contributed by atoms with Crippen LogP contribution in [0.3, 0.4) is 0 Å². The summed E-state index contributed by atoms with van der Waals surface area (Å²) in [7, 11) is 0. The Morgan fingerprint density at radius 3 is 2.58 bits per heavy atom. The number of hydrogen-bond donors (Lipinski definition) is 1. The molecule has 0 atom stereocenters. The quantitative estimate of drug-likeness (QED) is 0.684. The molecule has 0 saturated carbocycles. The Balaban J connectivity index is 2.21. The molecule has 1 aromatic heterocycles. The van der Waals surface area contributed by atoms with Crippen molar-refractivity contribution in [2.45, 2.75) is 17.0 Å². The number of nitrogens with two attached hydrogens (primary N) is 1. The molecule has 2 nitrogen and oxygen atoms in total. The predicted molar refractivity (Wildman–Crippen MR) is 69.7 cm³/mol. The van der Waals surface area contributed by atoms with Crippen molar-refractivity contribution in [2.24, 2.45) is 0 Å². The van der Waals surface area contributed by atoms with Gasteiger partial charge in [0, 0.05) is 17.6 Å². The average molecular weight is 284 g/mol. The topological polar surface area (TPSA) is 38.9 Å². The third kappa shape index (κ3) is 3.64. The van der Waals surface area contributed by atoms with Gasteiger partial charge in [-0.1, -0.05) is 12.1 Å². The Morgan fingerprint density at radius 1 is 1.16 bits per heavy atom. The molecule has 0 amide bonds. The van der Waals surface area contributed by atoms with E-state index in [-0.39, 0.29) is 17.0 Å². The van der Waals surface area contributed by atoms with Gasteiger partial charge in [-0.05, 0) is 29.8 Å². The third-order valence-electron chi connectivity index (χ3n) is 2.45. The normalized spacial score (nSPS) is 11.5. The summed E-state index contributed by atoms with van der Waals surface area (Å²) in [5.74, 6) is 0.201.